The molecule has 4 heterocycles. The van der Waals surface area contributed by atoms with Gasteiger partial charge in [0, 0.05) is 38.0 Å². The fourth-order valence-corrected chi connectivity index (χ4v) is 5.57. The van der Waals surface area contributed by atoms with Crippen LogP contribution in [0, 0.1) is 5.92 Å². The summed E-state index contributed by atoms with van der Waals surface area (Å²) in [6.45, 7) is 7.76. The van der Waals surface area contributed by atoms with Gasteiger partial charge in [0.25, 0.3) is 0 Å². The monoisotopic (exact) mass is 581 g/mol. The highest BCUT2D eigenvalue weighted by Gasteiger charge is 2.40. The molecule has 1 saturated heterocycles. The maximum absolute atomic E-state index is 13.9. The van der Waals surface area contributed by atoms with Crippen LogP contribution in [0.1, 0.15) is 63.9 Å². The third-order valence-electron chi connectivity index (χ3n) is 6.75. The lowest BCUT2D eigenvalue weighted by Gasteiger charge is -2.35. The second-order valence-electron chi connectivity index (χ2n) is 11.4. The van der Waals surface area contributed by atoms with Gasteiger partial charge < -0.3 is 19.9 Å². The van der Waals surface area contributed by atoms with Crippen molar-refractivity contribution in [2.45, 2.75) is 77.7 Å². The van der Waals surface area contributed by atoms with Gasteiger partial charge in [0.2, 0.25) is 11.8 Å². The van der Waals surface area contributed by atoms with Crippen LogP contribution in [0.25, 0.3) is 10.7 Å². The van der Waals surface area contributed by atoms with Crippen molar-refractivity contribution in [2.75, 3.05) is 19.6 Å². The third kappa shape index (κ3) is 7.49. The molecule has 0 aromatic carbocycles. The molecule has 0 unspecified atom stereocenters. The summed E-state index contributed by atoms with van der Waals surface area (Å²) < 4.78 is 47.1. The maximum Gasteiger partial charge on any atom is 0.433 e. The summed E-state index contributed by atoms with van der Waals surface area (Å²) in [5.41, 5.74) is -1.59. The molecule has 1 fully saturated rings. The number of thiophene rings is 1. The Morgan fingerprint density at radius 3 is 2.62 bits per heavy atom. The average Bonchev–Trinajstić information content (AvgIpc) is 3.38. The molecule has 3 amide bonds. The quantitative estimate of drug-likeness (QED) is 0.533. The predicted octanol–water partition coefficient (Wildman–Crippen LogP) is 4.65. The number of amides is 3. The van der Waals surface area contributed by atoms with E-state index in [4.69, 9.17) is 4.74 Å². The van der Waals surface area contributed by atoms with E-state index in [1.165, 1.54) is 16.2 Å². The van der Waals surface area contributed by atoms with E-state index in [0.717, 1.165) is 6.42 Å². The first kappa shape index (κ1) is 29.8. The predicted molar refractivity (Wildman–Crippen MR) is 142 cm³/mol. The van der Waals surface area contributed by atoms with E-state index in [-0.39, 0.29) is 67.3 Å². The number of nitrogens with one attached hydrogen (secondary N) is 1. The van der Waals surface area contributed by atoms with Crippen LogP contribution >= 0.6 is 11.3 Å². The van der Waals surface area contributed by atoms with Crippen molar-refractivity contribution in [2.24, 2.45) is 5.92 Å². The molecule has 1 N–H and O–H groups in total. The molecule has 40 heavy (non-hydrogen) atoms. The van der Waals surface area contributed by atoms with Crippen molar-refractivity contribution >= 4 is 29.2 Å². The lowest BCUT2D eigenvalue weighted by Crippen LogP contribution is -2.51. The van der Waals surface area contributed by atoms with Gasteiger partial charge in [-0.15, -0.1) is 11.3 Å². The Morgan fingerprint density at radius 2 is 1.98 bits per heavy atom. The minimum Gasteiger partial charge on any atom is -0.444 e. The van der Waals surface area contributed by atoms with E-state index < -0.39 is 29.6 Å². The Labute approximate surface area is 235 Å². The van der Waals surface area contributed by atoms with Gasteiger partial charge >= 0.3 is 12.3 Å². The summed E-state index contributed by atoms with van der Waals surface area (Å²) >= 11 is 1.23. The highest BCUT2D eigenvalue weighted by molar-refractivity contribution is 7.13. The molecule has 0 bridgehead atoms. The number of carbonyl (C=O) groups is 3. The number of alkyl halides is 3. The summed E-state index contributed by atoms with van der Waals surface area (Å²) in [4.78, 5) is 50.4. The molecule has 0 spiro atoms. The zero-order chi connectivity index (χ0) is 29.2. The van der Waals surface area contributed by atoms with Crippen molar-refractivity contribution in [3.05, 3.63) is 34.5 Å². The third-order valence-corrected chi connectivity index (χ3v) is 7.61. The summed E-state index contributed by atoms with van der Waals surface area (Å²) in [6.07, 6.45) is -4.40. The first-order valence-electron chi connectivity index (χ1n) is 13.3. The van der Waals surface area contributed by atoms with Crippen LogP contribution in [0.3, 0.4) is 0 Å². The van der Waals surface area contributed by atoms with E-state index in [9.17, 15) is 27.6 Å². The molecule has 0 aliphatic carbocycles. The molecule has 4 rings (SSSR count). The minimum atomic E-state index is -4.66. The van der Waals surface area contributed by atoms with Gasteiger partial charge in [-0.25, -0.2) is 14.8 Å². The maximum atomic E-state index is 13.9. The number of likely N-dealkylation sites (tertiary alicyclic amines) is 1. The van der Waals surface area contributed by atoms with E-state index in [1.807, 2.05) is 6.92 Å². The summed E-state index contributed by atoms with van der Waals surface area (Å²) in [7, 11) is 0. The Balaban J connectivity index is 1.54. The summed E-state index contributed by atoms with van der Waals surface area (Å²) in [6, 6.07) is 2.61. The molecule has 2 atom stereocenters. The van der Waals surface area contributed by atoms with Crippen LogP contribution in [0.2, 0.25) is 0 Å². The summed E-state index contributed by atoms with van der Waals surface area (Å²) in [5, 5.41) is 4.46. The minimum absolute atomic E-state index is 0.00631. The number of nitrogens with zero attached hydrogens (tertiary/aromatic N) is 4. The number of hydrogen-bond donors (Lipinski definition) is 1. The molecule has 2 aliphatic rings. The van der Waals surface area contributed by atoms with Gasteiger partial charge in [-0.05, 0) is 51.0 Å². The Hall–Kier alpha value is -3.22. The SMILES string of the molecule is C[C@@H]1CCC(=O)N(C[C@H](CC(=O)N2CCc3c(nc(-c4cccs4)nc3C(F)(F)F)C2)NC(=O)OC(C)(C)C)C1. The molecule has 2 aromatic heterocycles. The van der Waals surface area contributed by atoms with Crippen molar-refractivity contribution in [3.63, 3.8) is 0 Å². The van der Waals surface area contributed by atoms with E-state index >= 15 is 0 Å². The van der Waals surface area contributed by atoms with Crippen LogP contribution in [0.4, 0.5) is 18.0 Å². The van der Waals surface area contributed by atoms with Crippen molar-refractivity contribution in [3.8, 4) is 10.7 Å². The molecule has 2 aliphatic heterocycles. The second-order valence-corrected chi connectivity index (χ2v) is 12.3. The number of carbonyl (C=O) groups excluding carboxylic acids is 3. The van der Waals surface area contributed by atoms with Crippen molar-refractivity contribution < 1.29 is 32.3 Å². The fraction of sp³-hybridized carbons (Fsp3) is 0.593. The van der Waals surface area contributed by atoms with Crippen molar-refractivity contribution in [1.82, 2.24) is 25.1 Å². The fourth-order valence-electron chi connectivity index (χ4n) is 4.91. The molecule has 0 saturated carbocycles. The molecule has 218 valence electrons. The second kappa shape index (κ2) is 11.7. The van der Waals surface area contributed by atoms with E-state index in [0.29, 0.717) is 17.8 Å². The van der Waals surface area contributed by atoms with Gasteiger partial charge in [0.05, 0.1) is 23.2 Å². The molecule has 13 heteroatoms. The standard InChI is InChI=1S/C27H34F3N5O4S/c1-16-7-8-21(36)35(13-16)14-17(31-25(38)39-26(2,3)4)12-22(37)34-10-9-18-19(15-34)32-24(20-6-5-11-40-20)33-23(18)27(28,29)30/h5-6,11,16-17H,7-10,12-15H2,1-4H3,(H,31,38)/t16-,17+/m1/s1. The zero-order valence-electron chi connectivity index (χ0n) is 23.0. The number of ether oxygens (including phenoxy) is 1. The van der Waals surface area contributed by atoms with Gasteiger partial charge in [0.1, 0.15) is 5.60 Å². The van der Waals surface area contributed by atoms with Crippen LogP contribution in [-0.2, 0) is 33.5 Å². The van der Waals surface area contributed by atoms with E-state index in [1.54, 1.807) is 43.2 Å². The van der Waals surface area contributed by atoms with E-state index in [2.05, 4.69) is 15.3 Å². The lowest BCUT2D eigenvalue weighted by atomic mass is 9.98. The topological polar surface area (TPSA) is 105 Å². The molecular formula is C27H34F3N5O4S. The number of aromatic nitrogens is 2. The molecule has 2 aromatic rings. The molecular weight excluding hydrogens is 547 g/mol. The normalized spacial score (nSPS) is 18.8. The Morgan fingerprint density at radius 1 is 1.23 bits per heavy atom. The Bertz CT molecular complexity index is 1250. The smallest absolute Gasteiger partial charge is 0.433 e. The van der Waals surface area contributed by atoms with Crippen molar-refractivity contribution in [1.29, 1.82) is 0 Å². The van der Waals surface area contributed by atoms with Gasteiger partial charge in [0.15, 0.2) is 11.5 Å². The van der Waals surface area contributed by atoms with Crippen LogP contribution in [0.5, 0.6) is 0 Å². The van der Waals surface area contributed by atoms with Crippen LogP contribution in [0.15, 0.2) is 17.5 Å². The summed E-state index contributed by atoms with van der Waals surface area (Å²) in [5.74, 6) is -0.160. The van der Waals surface area contributed by atoms with Gasteiger partial charge in [-0.2, -0.15) is 13.2 Å². The molecule has 9 nitrogen and oxygen atoms in total. The Kier molecular flexibility index (Phi) is 8.72. The van der Waals surface area contributed by atoms with Crippen LogP contribution < -0.4 is 5.32 Å². The largest absolute Gasteiger partial charge is 0.444 e. The highest BCUT2D eigenvalue weighted by Crippen LogP contribution is 2.36. The number of alkyl carbamates (subject to hydrolysis) is 1. The van der Waals surface area contributed by atoms with Gasteiger partial charge in [-0.3, -0.25) is 9.59 Å². The number of fused-ring (bicyclic) bond motifs is 1. The first-order valence-corrected chi connectivity index (χ1v) is 14.1. The number of hydrogen-bond acceptors (Lipinski definition) is 7. The number of rotatable bonds is 6. The van der Waals surface area contributed by atoms with Crippen LogP contribution in [-0.4, -0.2) is 69.0 Å². The highest BCUT2D eigenvalue weighted by atomic mass is 32.1. The number of piperidine rings is 1. The lowest BCUT2D eigenvalue weighted by molar-refractivity contribution is -0.142. The molecule has 0 radical (unpaired) electrons. The van der Waals surface area contributed by atoms with Gasteiger partial charge in [-0.1, -0.05) is 13.0 Å². The average molecular weight is 582 g/mol. The number of halogens is 3. The zero-order valence-corrected chi connectivity index (χ0v) is 23.8. The first-order chi connectivity index (χ1) is 18.7.